The Labute approximate surface area is 130 Å². The van der Waals surface area contributed by atoms with Crippen molar-refractivity contribution in [2.24, 2.45) is 0 Å². The Kier molecular flexibility index (Phi) is 4.22. The lowest BCUT2D eigenvalue weighted by Gasteiger charge is -2.38. The summed E-state index contributed by atoms with van der Waals surface area (Å²) < 4.78 is 5.69. The van der Waals surface area contributed by atoms with Crippen LogP contribution in [-0.2, 0) is 4.79 Å². The lowest BCUT2D eigenvalue weighted by atomic mass is 9.97. The van der Waals surface area contributed by atoms with Crippen molar-refractivity contribution in [2.75, 3.05) is 6.61 Å². The van der Waals surface area contributed by atoms with Crippen molar-refractivity contribution in [2.45, 2.75) is 45.2 Å². The van der Waals surface area contributed by atoms with E-state index in [1.165, 1.54) is 12.7 Å². The number of carbonyl (C=O) groups is 1. The van der Waals surface area contributed by atoms with E-state index in [-0.39, 0.29) is 24.6 Å². The molecule has 0 spiro atoms. The number of fused-ring (bicyclic) bond motifs is 1. The standard InChI is InChI=1S/C17H21N3O2/c1-12-6-5-7-13(2)20(12)16(21)10-22-17-14-8-3-4-9-15(14)18-11-19-17/h3-4,8-9,11-13H,5-7,10H2,1-2H3. The fourth-order valence-corrected chi connectivity index (χ4v) is 3.21. The van der Waals surface area contributed by atoms with Gasteiger partial charge in [0.15, 0.2) is 6.61 Å². The fraction of sp³-hybridized carbons (Fsp3) is 0.471. The Morgan fingerprint density at radius 1 is 1.23 bits per heavy atom. The van der Waals surface area contributed by atoms with Crippen molar-refractivity contribution in [1.29, 1.82) is 0 Å². The van der Waals surface area contributed by atoms with Crippen molar-refractivity contribution in [3.63, 3.8) is 0 Å². The first-order valence-electron chi connectivity index (χ1n) is 7.80. The molecule has 1 amide bonds. The highest BCUT2D eigenvalue weighted by atomic mass is 16.5. The van der Waals surface area contributed by atoms with Crippen molar-refractivity contribution < 1.29 is 9.53 Å². The molecule has 0 bridgehead atoms. The number of hydrogen-bond acceptors (Lipinski definition) is 4. The van der Waals surface area contributed by atoms with Crippen LogP contribution >= 0.6 is 0 Å². The van der Waals surface area contributed by atoms with Gasteiger partial charge in [-0.25, -0.2) is 9.97 Å². The Hall–Kier alpha value is -2.17. The van der Waals surface area contributed by atoms with E-state index in [0.717, 1.165) is 23.7 Å². The number of likely N-dealkylation sites (tertiary alicyclic amines) is 1. The maximum absolute atomic E-state index is 12.5. The molecule has 5 nitrogen and oxygen atoms in total. The second-order valence-corrected chi connectivity index (χ2v) is 5.91. The third-order valence-electron chi connectivity index (χ3n) is 4.32. The van der Waals surface area contributed by atoms with Gasteiger partial charge in [-0.2, -0.15) is 0 Å². The molecule has 2 aromatic rings. The number of piperidine rings is 1. The molecule has 1 aromatic carbocycles. The second-order valence-electron chi connectivity index (χ2n) is 5.91. The number of rotatable bonds is 3. The van der Waals surface area contributed by atoms with Gasteiger partial charge in [-0.1, -0.05) is 12.1 Å². The van der Waals surface area contributed by atoms with Gasteiger partial charge in [0.1, 0.15) is 6.33 Å². The van der Waals surface area contributed by atoms with E-state index in [4.69, 9.17) is 4.74 Å². The summed E-state index contributed by atoms with van der Waals surface area (Å²) >= 11 is 0. The normalized spacial score (nSPS) is 21.8. The minimum Gasteiger partial charge on any atom is -0.467 e. The zero-order valence-electron chi connectivity index (χ0n) is 13.0. The van der Waals surface area contributed by atoms with Gasteiger partial charge in [0.2, 0.25) is 5.88 Å². The van der Waals surface area contributed by atoms with Crippen LogP contribution in [0.25, 0.3) is 10.9 Å². The van der Waals surface area contributed by atoms with E-state index < -0.39 is 0 Å². The lowest BCUT2D eigenvalue weighted by Crippen LogP contribution is -2.49. The van der Waals surface area contributed by atoms with Gasteiger partial charge < -0.3 is 9.64 Å². The van der Waals surface area contributed by atoms with Crippen LogP contribution in [-0.4, -0.2) is 39.5 Å². The first-order valence-corrected chi connectivity index (χ1v) is 7.80. The molecule has 0 saturated carbocycles. The molecule has 2 heterocycles. The molecule has 5 heteroatoms. The summed E-state index contributed by atoms with van der Waals surface area (Å²) in [6.45, 7) is 4.23. The average molecular weight is 299 g/mol. The third kappa shape index (κ3) is 2.89. The smallest absolute Gasteiger partial charge is 0.261 e. The van der Waals surface area contributed by atoms with Gasteiger partial charge in [0.05, 0.1) is 10.9 Å². The minimum atomic E-state index is 0.0235. The number of amides is 1. The molecule has 0 radical (unpaired) electrons. The molecular weight excluding hydrogens is 278 g/mol. The SMILES string of the molecule is CC1CCCC(C)N1C(=O)COc1ncnc2ccccc12. The molecular formula is C17H21N3O2. The first kappa shape index (κ1) is 14.8. The van der Waals surface area contributed by atoms with Crippen LogP contribution in [0.2, 0.25) is 0 Å². The molecule has 1 aliphatic heterocycles. The zero-order valence-corrected chi connectivity index (χ0v) is 13.0. The molecule has 0 aliphatic carbocycles. The highest BCUT2D eigenvalue weighted by molar-refractivity contribution is 5.84. The fourth-order valence-electron chi connectivity index (χ4n) is 3.21. The largest absolute Gasteiger partial charge is 0.467 e. The number of aromatic nitrogens is 2. The van der Waals surface area contributed by atoms with E-state index in [1.54, 1.807) is 0 Å². The quantitative estimate of drug-likeness (QED) is 0.874. The molecule has 1 saturated heterocycles. The van der Waals surface area contributed by atoms with Crippen LogP contribution in [0.4, 0.5) is 0 Å². The molecule has 2 unspecified atom stereocenters. The van der Waals surface area contributed by atoms with E-state index in [9.17, 15) is 4.79 Å². The highest BCUT2D eigenvalue weighted by Gasteiger charge is 2.29. The van der Waals surface area contributed by atoms with Crippen LogP contribution in [0.1, 0.15) is 33.1 Å². The van der Waals surface area contributed by atoms with Gasteiger partial charge >= 0.3 is 0 Å². The number of nitrogens with zero attached hydrogens (tertiary/aromatic N) is 3. The minimum absolute atomic E-state index is 0.0235. The van der Waals surface area contributed by atoms with E-state index in [0.29, 0.717) is 5.88 Å². The molecule has 0 N–H and O–H groups in total. The Bertz CT molecular complexity index is 659. The van der Waals surface area contributed by atoms with Gasteiger partial charge in [-0.05, 0) is 45.2 Å². The lowest BCUT2D eigenvalue weighted by molar-refractivity contribution is -0.139. The van der Waals surface area contributed by atoms with Crippen molar-refractivity contribution >= 4 is 16.8 Å². The van der Waals surface area contributed by atoms with E-state index in [1.807, 2.05) is 29.2 Å². The monoisotopic (exact) mass is 299 g/mol. The summed E-state index contributed by atoms with van der Waals surface area (Å²) in [6, 6.07) is 8.20. The van der Waals surface area contributed by atoms with Gasteiger partial charge in [0, 0.05) is 12.1 Å². The number of carbonyl (C=O) groups excluding carboxylic acids is 1. The number of para-hydroxylation sites is 1. The number of benzene rings is 1. The molecule has 3 rings (SSSR count). The van der Waals surface area contributed by atoms with Crippen LogP contribution in [0, 0.1) is 0 Å². The van der Waals surface area contributed by atoms with Crippen molar-refractivity contribution in [3.8, 4) is 5.88 Å². The zero-order chi connectivity index (χ0) is 15.5. The first-order chi connectivity index (χ1) is 10.7. The summed E-state index contributed by atoms with van der Waals surface area (Å²) in [7, 11) is 0. The maximum Gasteiger partial charge on any atom is 0.261 e. The number of hydrogen-bond donors (Lipinski definition) is 0. The van der Waals surface area contributed by atoms with Gasteiger partial charge in [-0.15, -0.1) is 0 Å². The van der Waals surface area contributed by atoms with Crippen LogP contribution in [0.3, 0.4) is 0 Å². The molecule has 1 aromatic heterocycles. The Morgan fingerprint density at radius 2 is 1.95 bits per heavy atom. The Morgan fingerprint density at radius 3 is 2.73 bits per heavy atom. The van der Waals surface area contributed by atoms with Gasteiger partial charge in [0.25, 0.3) is 5.91 Å². The van der Waals surface area contributed by atoms with Crippen molar-refractivity contribution in [3.05, 3.63) is 30.6 Å². The number of ether oxygens (including phenoxy) is 1. The van der Waals surface area contributed by atoms with Crippen molar-refractivity contribution in [1.82, 2.24) is 14.9 Å². The van der Waals surface area contributed by atoms with Crippen LogP contribution in [0.15, 0.2) is 30.6 Å². The Balaban J connectivity index is 1.72. The predicted molar refractivity (Wildman–Crippen MR) is 84.7 cm³/mol. The van der Waals surface area contributed by atoms with Crippen LogP contribution < -0.4 is 4.74 Å². The van der Waals surface area contributed by atoms with Crippen LogP contribution in [0.5, 0.6) is 5.88 Å². The molecule has 1 fully saturated rings. The summed E-state index contributed by atoms with van der Waals surface area (Å²) in [5.74, 6) is 0.499. The molecule has 116 valence electrons. The summed E-state index contributed by atoms with van der Waals surface area (Å²) in [4.78, 5) is 22.8. The maximum atomic E-state index is 12.5. The summed E-state index contributed by atoms with van der Waals surface area (Å²) in [5.41, 5.74) is 0.819. The van der Waals surface area contributed by atoms with E-state index >= 15 is 0 Å². The average Bonchev–Trinajstić information content (AvgIpc) is 2.52. The summed E-state index contributed by atoms with van der Waals surface area (Å²) in [5, 5.41) is 0.831. The predicted octanol–water partition coefficient (Wildman–Crippen LogP) is 2.80. The van der Waals surface area contributed by atoms with Gasteiger partial charge in [-0.3, -0.25) is 4.79 Å². The third-order valence-corrected chi connectivity index (χ3v) is 4.32. The molecule has 22 heavy (non-hydrogen) atoms. The molecule has 2 atom stereocenters. The molecule has 1 aliphatic rings. The second kappa shape index (κ2) is 6.30. The topological polar surface area (TPSA) is 55.3 Å². The summed E-state index contributed by atoms with van der Waals surface area (Å²) in [6.07, 6.45) is 4.77. The highest BCUT2D eigenvalue weighted by Crippen LogP contribution is 2.24. The van der Waals surface area contributed by atoms with E-state index in [2.05, 4.69) is 23.8 Å².